The number of ether oxygens (including phenoxy) is 2. The Balaban J connectivity index is 3.31. The van der Waals surface area contributed by atoms with Crippen molar-refractivity contribution in [1.29, 1.82) is 0 Å². The topological polar surface area (TPSA) is 53.7 Å². The van der Waals surface area contributed by atoms with E-state index in [0.29, 0.717) is 10.2 Å². The zero-order chi connectivity index (χ0) is 11.4. The molecule has 0 aromatic heterocycles. The molecule has 0 radical (unpaired) electrons. The van der Waals surface area contributed by atoms with Gasteiger partial charge in [0.1, 0.15) is 0 Å². The van der Waals surface area contributed by atoms with Gasteiger partial charge in [-0.3, -0.25) is 4.84 Å². The van der Waals surface area contributed by atoms with Gasteiger partial charge in [-0.15, -0.1) is 0 Å². The highest BCUT2D eigenvalue weighted by atomic mass is 79.9. The SMILES string of the molecule is COc1cc(Br)c(CON)c(F)c1OC. The fourth-order valence-corrected chi connectivity index (χ4v) is 1.67. The van der Waals surface area contributed by atoms with Crippen LogP contribution in [0.3, 0.4) is 0 Å². The van der Waals surface area contributed by atoms with Crippen molar-refractivity contribution in [2.24, 2.45) is 5.90 Å². The number of nitrogens with two attached hydrogens (primary N) is 1. The molecule has 0 saturated carbocycles. The zero-order valence-corrected chi connectivity index (χ0v) is 9.93. The molecule has 84 valence electrons. The van der Waals surface area contributed by atoms with Crippen molar-refractivity contribution < 1.29 is 18.7 Å². The van der Waals surface area contributed by atoms with Gasteiger partial charge in [0.15, 0.2) is 17.3 Å². The Hall–Kier alpha value is -0.850. The summed E-state index contributed by atoms with van der Waals surface area (Å²) in [5, 5.41) is 0. The molecule has 0 bridgehead atoms. The summed E-state index contributed by atoms with van der Waals surface area (Å²) in [6.45, 7) is -0.0488. The van der Waals surface area contributed by atoms with Crippen LogP contribution in [0.2, 0.25) is 0 Å². The maximum absolute atomic E-state index is 13.8. The van der Waals surface area contributed by atoms with Crippen molar-refractivity contribution >= 4 is 15.9 Å². The quantitative estimate of drug-likeness (QED) is 0.857. The number of hydrogen-bond donors (Lipinski definition) is 1. The van der Waals surface area contributed by atoms with Gasteiger partial charge in [-0.1, -0.05) is 15.9 Å². The Kier molecular flexibility index (Phi) is 4.31. The molecular formula is C9H11BrFNO3. The molecule has 0 aliphatic rings. The first-order chi connectivity index (χ1) is 7.15. The lowest BCUT2D eigenvalue weighted by molar-refractivity contribution is 0.120. The van der Waals surface area contributed by atoms with E-state index in [4.69, 9.17) is 15.4 Å². The van der Waals surface area contributed by atoms with Crippen LogP contribution < -0.4 is 15.4 Å². The second kappa shape index (κ2) is 5.29. The summed E-state index contributed by atoms with van der Waals surface area (Å²) in [5.74, 6) is 4.70. The Morgan fingerprint density at radius 1 is 1.40 bits per heavy atom. The summed E-state index contributed by atoms with van der Waals surface area (Å²) in [4.78, 5) is 4.40. The van der Waals surface area contributed by atoms with Crippen molar-refractivity contribution in [3.8, 4) is 11.5 Å². The van der Waals surface area contributed by atoms with E-state index in [1.54, 1.807) is 6.07 Å². The van der Waals surface area contributed by atoms with E-state index in [0.717, 1.165) is 0 Å². The van der Waals surface area contributed by atoms with Gasteiger partial charge in [-0.25, -0.2) is 10.3 Å². The molecule has 0 heterocycles. The smallest absolute Gasteiger partial charge is 0.197 e. The highest BCUT2D eigenvalue weighted by Crippen LogP contribution is 2.37. The number of benzene rings is 1. The van der Waals surface area contributed by atoms with E-state index in [-0.39, 0.29) is 17.9 Å². The fourth-order valence-electron chi connectivity index (χ4n) is 1.18. The Labute approximate surface area is 95.2 Å². The summed E-state index contributed by atoms with van der Waals surface area (Å²) >= 11 is 3.19. The summed E-state index contributed by atoms with van der Waals surface area (Å²) in [6.07, 6.45) is 0. The lowest BCUT2D eigenvalue weighted by Gasteiger charge is -2.12. The minimum atomic E-state index is -0.547. The molecule has 15 heavy (non-hydrogen) atoms. The summed E-state index contributed by atoms with van der Waals surface area (Å²) in [6, 6.07) is 1.59. The highest BCUT2D eigenvalue weighted by molar-refractivity contribution is 9.10. The van der Waals surface area contributed by atoms with E-state index in [1.807, 2.05) is 0 Å². The summed E-state index contributed by atoms with van der Waals surface area (Å²) in [7, 11) is 2.80. The molecule has 0 spiro atoms. The molecule has 0 atom stereocenters. The van der Waals surface area contributed by atoms with Crippen molar-refractivity contribution in [3.63, 3.8) is 0 Å². The monoisotopic (exact) mass is 279 g/mol. The highest BCUT2D eigenvalue weighted by Gasteiger charge is 2.18. The Morgan fingerprint density at radius 2 is 2.07 bits per heavy atom. The number of methoxy groups -OCH3 is 2. The van der Waals surface area contributed by atoms with E-state index in [1.165, 1.54) is 14.2 Å². The van der Waals surface area contributed by atoms with Crippen molar-refractivity contribution in [2.75, 3.05) is 14.2 Å². The molecule has 1 aromatic rings. The average molecular weight is 280 g/mol. The average Bonchev–Trinajstić information content (AvgIpc) is 2.23. The zero-order valence-electron chi connectivity index (χ0n) is 8.34. The van der Waals surface area contributed by atoms with E-state index < -0.39 is 5.82 Å². The normalized spacial score (nSPS) is 10.2. The van der Waals surface area contributed by atoms with Crippen LogP contribution >= 0.6 is 15.9 Å². The molecule has 6 heteroatoms. The Morgan fingerprint density at radius 3 is 2.53 bits per heavy atom. The van der Waals surface area contributed by atoms with Crippen LogP contribution in [-0.4, -0.2) is 14.2 Å². The van der Waals surface area contributed by atoms with Crippen molar-refractivity contribution in [1.82, 2.24) is 0 Å². The minimum Gasteiger partial charge on any atom is -0.493 e. The van der Waals surface area contributed by atoms with Crippen LogP contribution in [-0.2, 0) is 11.4 Å². The van der Waals surface area contributed by atoms with Gasteiger partial charge in [0.2, 0.25) is 0 Å². The Bertz CT molecular complexity index is 360. The minimum absolute atomic E-state index is 0.0350. The molecular weight excluding hydrogens is 269 g/mol. The second-order valence-corrected chi connectivity index (χ2v) is 3.55. The maximum Gasteiger partial charge on any atom is 0.197 e. The summed E-state index contributed by atoms with van der Waals surface area (Å²) in [5.41, 5.74) is 0.287. The van der Waals surface area contributed by atoms with Crippen LogP contribution in [0.1, 0.15) is 5.56 Å². The molecule has 1 aromatic carbocycles. The lowest BCUT2D eigenvalue weighted by Crippen LogP contribution is -2.04. The molecule has 0 aliphatic heterocycles. The second-order valence-electron chi connectivity index (χ2n) is 2.70. The molecule has 4 nitrogen and oxygen atoms in total. The molecule has 2 N–H and O–H groups in total. The number of rotatable bonds is 4. The lowest BCUT2D eigenvalue weighted by atomic mass is 10.2. The first kappa shape index (κ1) is 12.2. The maximum atomic E-state index is 13.8. The van der Waals surface area contributed by atoms with Gasteiger partial charge in [-0.2, -0.15) is 0 Å². The standard InChI is InChI=1S/C9H11BrFNO3/c1-13-7-3-6(10)5(4-15-12)8(11)9(7)14-2/h3H,4,12H2,1-2H3. The van der Waals surface area contributed by atoms with Crippen LogP contribution in [0.15, 0.2) is 10.5 Å². The third-order valence-electron chi connectivity index (χ3n) is 1.89. The van der Waals surface area contributed by atoms with E-state index >= 15 is 0 Å². The molecule has 1 rings (SSSR count). The molecule has 0 saturated heterocycles. The van der Waals surface area contributed by atoms with Gasteiger partial charge in [0.05, 0.1) is 20.8 Å². The first-order valence-electron chi connectivity index (χ1n) is 4.06. The van der Waals surface area contributed by atoms with Crippen molar-refractivity contribution in [2.45, 2.75) is 6.61 Å². The van der Waals surface area contributed by atoms with Gasteiger partial charge in [0.25, 0.3) is 0 Å². The fraction of sp³-hybridized carbons (Fsp3) is 0.333. The van der Waals surface area contributed by atoms with E-state index in [2.05, 4.69) is 20.8 Å². The molecule has 0 aliphatic carbocycles. The first-order valence-corrected chi connectivity index (χ1v) is 4.85. The molecule has 0 amide bonds. The number of halogens is 2. The summed E-state index contributed by atoms with van der Waals surface area (Å²) < 4.78 is 24.2. The van der Waals surface area contributed by atoms with Crippen LogP contribution in [0.5, 0.6) is 11.5 Å². The third-order valence-corrected chi connectivity index (χ3v) is 2.59. The van der Waals surface area contributed by atoms with Crippen LogP contribution in [0, 0.1) is 5.82 Å². The number of hydrogen-bond acceptors (Lipinski definition) is 4. The van der Waals surface area contributed by atoms with Gasteiger partial charge < -0.3 is 9.47 Å². The van der Waals surface area contributed by atoms with Crippen LogP contribution in [0.25, 0.3) is 0 Å². The van der Waals surface area contributed by atoms with Gasteiger partial charge >= 0.3 is 0 Å². The van der Waals surface area contributed by atoms with Gasteiger partial charge in [0, 0.05) is 10.0 Å². The molecule has 0 fully saturated rings. The van der Waals surface area contributed by atoms with Gasteiger partial charge in [-0.05, 0) is 6.07 Å². The predicted molar refractivity (Wildman–Crippen MR) is 56.2 cm³/mol. The van der Waals surface area contributed by atoms with Crippen LogP contribution in [0.4, 0.5) is 4.39 Å². The molecule has 0 unspecified atom stereocenters. The third kappa shape index (κ3) is 2.39. The largest absolute Gasteiger partial charge is 0.493 e. The van der Waals surface area contributed by atoms with Crippen molar-refractivity contribution in [3.05, 3.63) is 21.9 Å². The van der Waals surface area contributed by atoms with E-state index in [9.17, 15) is 4.39 Å². The predicted octanol–water partition coefficient (Wildman–Crippen LogP) is 2.00.